The number of hydrogen-bond acceptors (Lipinski definition) is 4. The average molecular weight is 303 g/mol. The van der Waals surface area contributed by atoms with E-state index in [2.05, 4.69) is 5.32 Å². The lowest BCUT2D eigenvalue weighted by Crippen LogP contribution is -2.25. The molecule has 0 spiro atoms. The number of furan rings is 1. The maximum Gasteiger partial charge on any atom is 0.251 e. The van der Waals surface area contributed by atoms with Crippen LogP contribution in [0.25, 0.3) is 0 Å². The number of methoxy groups -OCH3 is 1. The Bertz CT molecular complexity index is 648. The molecule has 2 rings (SSSR count). The van der Waals surface area contributed by atoms with Gasteiger partial charge in [0.05, 0.1) is 13.2 Å². The second-order valence-electron chi connectivity index (χ2n) is 5.16. The number of aliphatic hydroxyl groups excluding tert-OH is 1. The van der Waals surface area contributed by atoms with Crippen LogP contribution in [0.2, 0.25) is 0 Å². The molecule has 0 aliphatic heterocycles. The normalized spacial score (nSPS) is 12.0. The van der Waals surface area contributed by atoms with Gasteiger partial charge < -0.3 is 19.6 Å². The minimum absolute atomic E-state index is 0.189. The Morgan fingerprint density at radius 3 is 2.77 bits per heavy atom. The lowest BCUT2D eigenvalue weighted by Gasteiger charge is -2.11. The Kier molecular flexibility index (Phi) is 5.22. The third-order valence-electron chi connectivity index (χ3n) is 3.47. The van der Waals surface area contributed by atoms with E-state index in [1.807, 2.05) is 19.9 Å². The van der Waals surface area contributed by atoms with Crippen molar-refractivity contribution in [3.8, 4) is 5.75 Å². The number of carbonyl (C=O) groups excluding carboxylic acids is 1. The van der Waals surface area contributed by atoms with Crippen molar-refractivity contribution in [2.45, 2.75) is 26.4 Å². The molecule has 1 heterocycles. The third kappa shape index (κ3) is 3.89. The molecular formula is C17H21NO4. The van der Waals surface area contributed by atoms with Crippen molar-refractivity contribution in [2.75, 3.05) is 13.7 Å². The second-order valence-corrected chi connectivity index (χ2v) is 5.16. The second kappa shape index (κ2) is 7.13. The van der Waals surface area contributed by atoms with Gasteiger partial charge in [0.1, 0.15) is 17.3 Å². The zero-order valence-corrected chi connectivity index (χ0v) is 13.1. The fourth-order valence-electron chi connectivity index (χ4n) is 2.33. The Hall–Kier alpha value is -2.27. The number of nitrogens with one attached hydrogen (secondary N) is 1. The van der Waals surface area contributed by atoms with Gasteiger partial charge in [-0.2, -0.15) is 0 Å². The van der Waals surface area contributed by atoms with Crippen molar-refractivity contribution in [3.05, 3.63) is 53.0 Å². The molecule has 5 heteroatoms. The standard InChI is InChI=1S/C17H21NO4/c1-11-9-15(12(2)22-11)16(19)7-8-18-17(20)13-5-4-6-14(10-13)21-3/h4-6,9-10,16,19H,7-8H2,1-3H3,(H,18,20). The van der Waals surface area contributed by atoms with E-state index in [0.717, 1.165) is 11.3 Å². The van der Waals surface area contributed by atoms with E-state index < -0.39 is 6.10 Å². The molecule has 1 amide bonds. The smallest absolute Gasteiger partial charge is 0.251 e. The summed E-state index contributed by atoms with van der Waals surface area (Å²) in [7, 11) is 1.56. The van der Waals surface area contributed by atoms with Crippen molar-refractivity contribution in [3.63, 3.8) is 0 Å². The Labute approximate surface area is 129 Å². The molecule has 0 aliphatic carbocycles. The van der Waals surface area contributed by atoms with E-state index in [1.54, 1.807) is 31.4 Å². The molecule has 0 bridgehead atoms. The van der Waals surface area contributed by atoms with Crippen molar-refractivity contribution in [1.82, 2.24) is 5.32 Å². The van der Waals surface area contributed by atoms with Gasteiger partial charge in [-0.15, -0.1) is 0 Å². The van der Waals surface area contributed by atoms with Crippen LogP contribution in [0.3, 0.4) is 0 Å². The van der Waals surface area contributed by atoms with Gasteiger partial charge in [0.15, 0.2) is 0 Å². The van der Waals surface area contributed by atoms with Crippen molar-refractivity contribution in [2.24, 2.45) is 0 Å². The fourth-order valence-corrected chi connectivity index (χ4v) is 2.33. The highest BCUT2D eigenvalue weighted by molar-refractivity contribution is 5.94. The van der Waals surface area contributed by atoms with Gasteiger partial charge in [-0.25, -0.2) is 0 Å². The van der Waals surface area contributed by atoms with Crippen LogP contribution in [0.5, 0.6) is 5.75 Å². The third-order valence-corrected chi connectivity index (χ3v) is 3.47. The first-order chi connectivity index (χ1) is 10.5. The van der Waals surface area contributed by atoms with Crippen LogP contribution in [0, 0.1) is 13.8 Å². The van der Waals surface area contributed by atoms with Crippen LogP contribution < -0.4 is 10.1 Å². The summed E-state index contributed by atoms with van der Waals surface area (Å²) in [6.07, 6.45) is -0.224. The van der Waals surface area contributed by atoms with Gasteiger partial charge in [-0.1, -0.05) is 6.07 Å². The maximum absolute atomic E-state index is 12.0. The Balaban J connectivity index is 1.87. The molecular weight excluding hydrogens is 282 g/mol. The summed E-state index contributed by atoms with van der Waals surface area (Å²) in [6.45, 7) is 4.04. The first-order valence-corrected chi connectivity index (χ1v) is 7.18. The Morgan fingerprint density at radius 1 is 1.36 bits per heavy atom. The number of ether oxygens (including phenoxy) is 1. The van der Waals surface area contributed by atoms with E-state index in [0.29, 0.717) is 30.0 Å². The summed E-state index contributed by atoms with van der Waals surface area (Å²) in [5.41, 5.74) is 1.30. The average Bonchev–Trinajstić information content (AvgIpc) is 2.85. The van der Waals surface area contributed by atoms with Crippen LogP contribution in [-0.4, -0.2) is 24.7 Å². The van der Waals surface area contributed by atoms with E-state index in [-0.39, 0.29) is 5.91 Å². The molecule has 1 unspecified atom stereocenters. The molecule has 1 atom stereocenters. The number of amides is 1. The molecule has 5 nitrogen and oxygen atoms in total. The summed E-state index contributed by atoms with van der Waals surface area (Å²) in [5, 5.41) is 12.9. The molecule has 2 N–H and O–H groups in total. The predicted octanol–water partition coefficient (Wildman–Crippen LogP) is 2.76. The highest BCUT2D eigenvalue weighted by atomic mass is 16.5. The van der Waals surface area contributed by atoms with Gasteiger partial charge in [0, 0.05) is 17.7 Å². The van der Waals surface area contributed by atoms with Gasteiger partial charge in [-0.3, -0.25) is 4.79 Å². The number of aryl methyl sites for hydroxylation is 2. The SMILES string of the molecule is COc1cccc(C(=O)NCCC(O)c2cc(C)oc2C)c1. The minimum atomic E-state index is -0.650. The number of aliphatic hydroxyl groups is 1. The number of rotatable bonds is 6. The molecule has 22 heavy (non-hydrogen) atoms. The first-order valence-electron chi connectivity index (χ1n) is 7.18. The van der Waals surface area contributed by atoms with Gasteiger partial charge in [0.25, 0.3) is 5.91 Å². The number of carbonyl (C=O) groups is 1. The molecule has 0 fully saturated rings. The molecule has 0 radical (unpaired) electrons. The summed E-state index contributed by atoms with van der Waals surface area (Å²) >= 11 is 0. The first kappa shape index (κ1) is 16.1. The highest BCUT2D eigenvalue weighted by Crippen LogP contribution is 2.23. The van der Waals surface area contributed by atoms with Crippen LogP contribution in [0.4, 0.5) is 0 Å². The maximum atomic E-state index is 12.0. The summed E-state index contributed by atoms with van der Waals surface area (Å²) < 4.78 is 10.5. The van der Waals surface area contributed by atoms with E-state index >= 15 is 0 Å². The fraction of sp³-hybridized carbons (Fsp3) is 0.353. The van der Waals surface area contributed by atoms with E-state index in [4.69, 9.17) is 9.15 Å². The molecule has 0 saturated heterocycles. The summed E-state index contributed by atoms with van der Waals surface area (Å²) in [6, 6.07) is 8.77. The topological polar surface area (TPSA) is 71.7 Å². The van der Waals surface area contributed by atoms with Gasteiger partial charge in [-0.05, 0) is 44.5 Å². The lowest BCUT2D eigenvalue weighted by molar-refractivity contribution is 0.0942. The zero-order chi connectivity index (χ0) is 16.1. The van der Waals surface area contributed by atoms with Crippen molar-refractivity contribution < 1.29 is 19.1 Å². The number of hydrogen-bond donors (Lipinski definition) is 2. The van der Waals surface area contributed by atoms with Crippen molar-refractivity contribution in [1.29, 1.82) is 0 Å². The van der Waals surface area contributed by atoms with Gasteiger partial charge in [0.2, 0.25) is 0 Å². The van der Waals surface area contributed by atoms with Crippen LogP contribution in [0.15, 0.2) is 34.7 Å². The molecule has 118 valence electrons. The summed E-state index contributed by atoms with van der Waals surface area (Å²) in [4.78, 5) is 12.0. The zero-order valence-electron chi connectivity index (χ0n) is 13.1. The predicted molar refractivity (Wildman–Crippen MR) is 83.1 cm³/mol. The largest absolute Gasteiger partial charge is 0.497 e. The lowest BCUT2D eigenvalue weighted by atomic mass is 10.1. The minimum Gasteiger partial charge on any atom is -0.497 e. The summed E-state index contributed by atoms with van der Waals surface area (Å²) in [5.74, 6) is 1.93. The monoisotopic (exact) mass is 303 g/mol. The molecule has 1 aromatic heterocycles. The molecule has 0 aliphatic rings. The van der Waals surface area contributed by atoms with E-state index in [1.165, 1.54) is 0 Å². The van der Waals surface area contributed by atoms with Gasteiger partial charge >= 0.3 is 0 Å². The Morgan fingerprint density at radius 2 is 2.14 bits per heavy atom. The van der Waals surface area contributed by atoms with Crippen molar-refractivity contribution >= 4 is 5.91 Å². The van der Waals surface area contributed by atoms with Crippen LogP contribution >= 0.6 is 0 Å². The highest BCUT2D eigenvalue weighted by Gasteiger charge is 2.15. The van der Waals surface area contributed by atoms with Crippen LogP contribution in [0.1, 0.15) is 40.0 Å². The number of benzene rings is 1. The van der Waals surface area contributed by atoms with E-state index in [9.17, 15) is 9.90 Å². The molecule has 1 aromatic carbocycles. The molecule has 0 saturated carbocycles. The van der Waals surface area contributed by atoms with Crippen LogP contribution in [-0.2, 0) is 0 Å². The quantitative estimate of drug-likeness (QED) is 0.860. The molecule has 2 aromatic rings.